The Morgan fingerprint density at radius 3 is 2.50 bits per heavy atom. The standard InChI is InChI=1S/C13H22N2O4S/c1-13(2,20(3,18)19)9-14-8-6-11(16)15-7-4-5-10(15)12(14)17/h10H,4-9H2,1-3H3. The summed E-state index contributed by atoms with van der Waals surface area (Å²) in [6, 6.07) is -0.389. The number of sulfone groups is 1. The van der Waals surface area contributed by atoms with Crippen LogP contribution in [0.2, 0.25) is 0 Å². The summed E-state index contributed by atoms with van der Waals surface area (Å²) in [4.78, 5) is 27.7. The second-order valence-electron chi connectivity index (χ2n) is 6.29. The number of nitrogens with zero attached hydrogens (tertiary/aromatic N) is 2. The van der Waals surface area contributed by atoms with E-state index in [0.29, 0.717) is 19.5 Å². The molecule has 0 spiro atoms. The predicted octanol–water partition coefficient (Wildman–Crippen LogP) is 0.0329. The van der Waals surface area contributed by atoms with E-state index >= 15 is 0 Å². The van der Waals surface area contributed by atoms with Crippen molar-refractivity contribution < 1.29 is 18.0 Å². The summed E-state index contributed by atoms with van der Waals surface area (Å²) in [6.07, 6.45) is 2.98. The van der Waals surface area contributed by atoms with Gasteiger partial charge >= 0.3 is 0 Å². The Labute approximate surface area is 120 Å². The summed E-state index contributed by atoms with van der Waals surface area (Å²) >= 11 is 0. The minimum absolute atomic E-state index is 0.000474. The van der Waals surface area contributed by atoms with Crippen LogP contribution in [0.1, 0.15) is 33.1 Å². The lowest BCUT2D eigenvalue weighted by Crippen LogP contribution is -2.50. The Morgan fingerprint density at radius 2 is 1.90 bits per heavy atom. The second kappa shape index (κ2) is 5.02. The van der Waals surface area contributed by atoms with Gasteiger partial charge in [0.15, 0.2) is 9.84 Å². The first-order valence-electron chi connectivity index (χ1n) is 6.91. The van der Waals surface area contributed by atoms with Gasteiger partial charge in [0.2, 0.25) is 11.8 Å². The monoisotopic (exact) mass is 302 g/mol. The van der Waals surface area contributed by atoms with Crippen molar-refractivity contribution in [3.05, 3.63) is 0 Å². The highest BCUT2D eigenvalue weighted by Gasteiger charge is 2.42. The minimum atomic E-state index is -3.27. The SMILES string of the molecule is CC(C)(CN1CCC(=O)N2CCCC2C1=O)S(C)(=O)=O. The van der Waals surface area contributed by atoms with Crippen LogP contribution in [-0.4, -0.2) is 66.7 Å². The predicted molar refractivity (Wildman–Crippen MR) is 74.9 cm³/mol. The molecule has 0 N–H and O–H groups in total. The number of hydrogen-bond acceptors (Lipinski definition) is 4. The molecule has 0 radical (unpaired) electrons. The summed E-state index contributed by atoms with van der Waals surface area (Å²) in [5, 5.41) is 0. The molecule has 1 unspecified atom stereocenters. The molecule has 0 aromatic carbocycles. The molecule has 7 heteroatoms. The molecule has 2 aliphatic heterocycles. The molecule has 1 atom stereocenters. The van der Waals surface area contributed by atoms with E-state index in [9.17, 15) is 18.0 Å². The fourth-order valence-corrected chi connectivity index (χ4v) is 3.14. The molecule has 0 aliphatic carbocycles. The van der Waals surface area contributed by atoms with E-state index in [2.05, 4.69) is 0 Å². The van der Waals surface area contributed by atoms with Crippen molar-refractivity contribution in [2.75, 3.05) is 25.9 Å². The first kappa shape index (κ1) is 15.3. The van der Waals surface area contributed by atoms with Crippen molar-refractivity contribution >= 4 is 21.7 Å². The highest BCUT2D eigenvalue weighted by molar-refractivity contribution is 7.92. The highest BCUT2D eigenvalue weighted by atomic mass is 32.2. The third-order valence-corrected chi connectivity index (χ3v) is 6.48. The zero-order valence-corrected chi connectivity index (χ0v) is 13.1. The molecule has 0 bridgehead atoms. The Hall–Kier alpha value is -1.11. The molecule has 2 heterocycles. The zero-order valence-electron chi connectivity index (χ0n) is 12.3. The van der Waals surface area contributed by atoms with Crippen LogP contribution in [0, 0.1) is 0 Å². The van der Waals surface area contributed by atoms with Gasteiger partial charge in [-0.25, -0.2) is 8.42 Å². The fraction of sp³-hybridized carbons (Fsp3) is 0.846. The maximum absolute atomic E-state index is 12.5. The van der Waals surface area contributed by atoms with E-state index in [4.69, 9.17) is 0 Å². The van der Waals surface area contributed by atoms with Gasteiger partial charge in [-0.1, -0.05) is 0 Å². The van der Waals surface area contributed by atoms with Gasteiger partial charge in [-0.3, -0.25) is 9.59 Å². The molecule has 114 valence electrons. The summed E-state index contributed by atoms with van der Waals surface area (Å²) in [5.74, 6) is -0.106. The number of carbonyl (C=O) groups is 2. The van der Waals surface area contributed by atoms with Gasteiger partial charge in [-0.15, -0.1) is 0 Å². The zero-order chi connectivity index (χ0) is 15.1. The summed E-state index contributed by atoms with van der Waals surface area (Å²) in [5.41, 5.74) is 0. The van der Waals surface area contributed by atoms with E-state index in [0.717, 1.165) is 6.42 Å². The largest absolute Gasteiger partial charge is 0.339 e. The van der Waals surface area contributed by atoms with Crippen LogP contribution in [0.25, 0.3) is 0 Å². The lowest BCUT2D eigenvalue weighted by molar-refractivity contribution is -0.139. The van der Waals surface area contributed by atoms with Crippen LogP contribution in [0.3, 0.4) is 0 Å². The summed E-state index contributed by atoms with van der Waals surface area (Å²) < 4.78 is 22.6. The molecule has 2 amide bonds. The quantitative estimate of drug-likeness (QED) is 0.737. The van der Waals surface area contributed by atoms with Crippen molar-refractivity contribution in [1.82, 2.24) is 9.80 Å². The molecule has 2 rings (SSSR count). The highest BCUT2D eigenvalue weighted by Crippen LogP contribution is 2.25. The Bertz CT molecular complexity index is 526. The fourth-order valence-electron chi connectivity index (χ4n) is 2.75. The first-order valence-corrected chi connectivity index (χ1v) is 8.80. The number of carbonyl (C=O) groups excluding carboxylic acids is 2. The molecule has 2 saturated heterocycles. The minimum Gasteiger partial charge on any atom is -0.339 e. The van der Waals surface area contributed by atoms with Gasteiger partial charge in [-0.05, 0) is 26.7 Å². The van der Waals surface area contributed by atoms with E-state index in [1.807, 2.05) is 0 Å². The van der Waals surface area contributed by atoms with E-state index < -0.39 is 14.6 Å². The average molecular weight is 302 g/mol. The van der Waals surface area contributed by atoms with Crippen LogP contribution in [0.5, 0.6) is 0 Å². The van der Waals surface area contributed by atoms with Crippen molar-refractivity contribution in [3.8, 4) is 0 Å². The third-order valence-electron chi connectivity index (χ3n) is 4.34. The number of hydrogen-bond donors (Lipinski definition) is 0. The van der Waals surface area contributed by atoms with Crippen LogP contribution < -0.4 is 0 Å². The molecule has 6 nitrogen and oxygen atoms in total. The Kier molecular flexibility index (Phi) is 3.83. The molecule has 0 saturated carbocycles. The van der Waals surface area contributed by atoms with Gasteiger partial charge in [0, 0.05) is 32.3 Å². The Morgan fingerprint density at radius 1 is 1.25 bits per heavy atom. The van der Waals surface area contributed by atoms with Gasteiger partial charge < -0.3 is 9.80 Å². The summed E-state index contributed by atoms with van der Waals surface area (Å²) in [6.45, 7) is 4.33. The van der Waals surface area contributed by atoms with E-state index in [1.54, 1.807) is 23.6 Å². The van der Waals surface area contributed by atoms with Crippen molar-refractivity contribution in [3.63, 3.8) is 0 Å². The number of fused-ring (bicyclic) bond motifs is 1. The van der Waals surface area contributed by atoms with Gasteiger partial charge in [0.05, 0.1) is 4.75 Å². The van der Waals surface area contributed by atoms with Crippen LogP contribution >= 0.6 is 0 Å². The van der Waals surface area contributed by atoms with E-state index in [-0.39, 0.29) is 30.8 Å². The molecule has 0 aromatic rings. The first-order chi connectivity index (χ1) is 9.13. The van der Waals surface area contributed by atoms with Crippen molar-refractivity contribution in [2.45, 2.75) is 43.9 Å². The maximum atomic E-state index is 12.5. The van der Waals surface area contributed by atoms with Crippen LogP contribution in [0.15, 0.2) is 0 Å². The number of amides is 2. The molecule has 20 heavy (non-hydrogen) atoms. The van der Waals surface area contributed by atoms with Crippen molar-refractivity contribution in [2.24, 2.45) is 0 Å². The third kappa shape index (κ3) is 2.68. The normalized spacial score (nSPS) is 24.9. The topological polar surface area (TPSA) is 74.8 Å². The lowest BCUT2D eigenvalue weighted by atomic mass is 10.1. The molecule has 0 aromatic heterocycles. The van der Waals surface area contributed by atoms with Gasteiger partial charge in [0.1, 0.15) is 6.04 Å². The number of rotatable bonds is 3. The van der Waals surface area contributed by atoms with Crippen LogP contribution in [0.4, 0.5) is 0 Å². The summed E-state index contributed by atoms with van der Waals surface area (Å²) in [7, 11) is -3.27. The smallest absolute Gasteiger partial charge is 0.245 e. The lowest BCUT2D eigenvalue weighted by Gasteiger charge is -2.32. The second-order valence-corrected chi connectivity index (χ2v) is 8.94. The molecule has 2 aliphatic rings. The molecule has 2 fully saturated rings. The maximum Gasteiger partial charge on any atom is 0.245 e. The van der Waals surface area contributed by atoms with Gasteiger partial charge in [0.25, 0.3) is 0 Å². The van der Waals surface area contributed by atoms with Crippen LogP contribution in [-0.2, 0) is 19.4 Å². The molecular weight excluding hydrogens is 280 g/mol. The van der Waals surface area contributed by atoms with Crippen molar-refractivity contribution in [1.29, 1.82) is 0 Å². The van der Waals surface area contributed by atoms with Gasteiger partial charge in [-0.2, -0.15) is 0 Å². The molecular formula is C13H22N2O4S. The Balaban J connectivity index is 2.20. The average Bonchev–Trinajstić information content (AvgIpc) is 2.77. The van der Waals surface area contributed by atoms with E-state index in [1.165, 1.54) is 6.26 Å².